The smallest absolute Gasteiger partial charge is 0.199 e. The van der Waals surface area contributed by atoms with Gasteiger partial charge in [-0.3, -0.25) is 14.5 Å². The fourth-order valence-electron chi connectivity index (χ4n) is 3.76. The quantitative estimate of drug-likeness (QED) is 0.602. The van der Waals surface area contributed by atoms with E-state index in [2.05, 4.69) is 19.8 Å². The molecule has 29 heavy (non-hydrogen) atoms. The number of rotatable bonds is 5. The monoisotopic (exact) mass is 411 g/mol. The molecule has 0 amide bonds. The topological polar surface area (TPSA) is 55.0 Å². The van der Waals surface area contributed by atoms with Crippen molar-refractivity contribution >= 4 is 18.0 Å². The van der Waals surface area contributed by atoms with Crippen molar-refractivity contribution in [3.05, 3.63) is 53.4 Å². The van der Waals surface area contributed by atoms with Gasteiger partial charge in [-0.25, -0.2) is 14.1 Å². The standard InChI is InChI=1S/C20H22FN7S/c21-17-4-2-1-3-16(17)19-24-27(20(29)28(19)15-5-6-15)14-25-9-11-26(12-10-25)18-13-22-7-8-23-18/h1-4,7-8,13,15H,5-6,9-12,14H2. The SMILES string of the molecule is Fc1ccccc1-c1nn(CN2CCN(c3cnccn3)CC2)c(=S)n1C1CC1. The Kier molecular flexibility index (Phi) is 4.84. The zero-order valence-electron chi connectivity index (χ0n) is 16.0. The summed E-state index contributed by atoms with van der Waals surface area (Å²) < 4.78 is 19.0. The molecule has 3 heterocycles. The predicted molar refractivity (Wildman–Crippen MR) is 111 cm³/mol. The molecule has 0 spiro atoms. The average molecular weight is 412 g/mol. The van der Waals surface area contributed by atoms with Crippen LogP contribution in [0, 0.1) is 10.6 Å². The highest BCUT2D eigenvalue weighted by Crippen LogP contribution is 2.39. The fraction of sp³-hybridized carbons (Fsp3) is 0.400. The maximum Gasteiger partial charge on any atom is 0.199 e. The molecule has 150 valence electrons. The summed E-state index contributed by atoms with van der Waals surface area (Å²) >= 11 is 5.73. The van der Waals surface area contributed by atoms with Crippen molar-refractivity contribution < 1.29 is 4.39 Å². The maximum atomic E-state index is 14.4. The summed E-state index contributed by atoms with van der Waals surface area (Å²) in [5, 5.41) is 4.73. The Morgan fingerprint density at radius 1 is 1.07 bits per heavy atom. The van der Waals surface area contributed by atoms with E-state index in [-0.39, 0.29) is 5.82 Å². The second kappa shape index (κ2) is 7.64. The van der Waals surface area contributed by atoms with Crippen molar-refractivity contribution in [2.24, 2.45) is 0 Å². The molecule has 9 heteroatoms. The molecule has 1 saturated heterocycles. The number of hydrogen-bond acceptors (Lipinski definition) is 6. The summed E-state index contributed by atoms with van der Waals surface area (Å²) in [5.74, 6) is 1.27. The number of anilines is 1. The number of aromatic nitrogens is 5. The molecule has 2 aromatic heterocycles. The normalized spacial score (nSPS) is 17.6. The first kappa shape index (κ1) is 18.4. The highest BCUT2D eigenvalue weighted by atomic mass is 32.1. The van der Waals surface area contributed by atoms with Gasteiger partial charge in [0, 0.05) is 44.6 Å². The van der Waals surface area contributed by atoms with Gasteiger partial charge in [0.2, 0.25) is 0 Å². The maximum absolute atomic E-state index is 14.4. The molecule has 0 unspecified atom stereocenters. The van der Waals surface area contributed by atoms with Gasteiger partial charge >= 0.3 is 0 Å². The summed E-state index contributed by atoms with van der Waals surface area (Å²) in [6.07, 6.45) is 7.33. The molecular weight excluding hydrogens is 389 g/mol. The summed E-state index contributed by atoms with van der Waals surface area (Å²) in [6, 6.07) is 7.11. The number of piperazine rings is 1. The number of halogens is 1. The van der Waals surface area contributed by atoms with Crippen LogP contribution in [-0.2, 0) is 6.67 Å². The van der Waals surface area contributed by atoms with Gasteiger partial charge in [-0.2, -0.15) is 5.10 Å². The molecular formula is C20H22FN7S. The van der Waals surface area contributed by atoms with Crippen LogP contribution in [0.25, 0.3) is 11.4 Å². The molecule has 0 radical (unpaired) electrons. The number of benzene rings is 1. The second-order valence-corrected chi connectivity index (χ2v) is 7.86. The molecule has 2 aliphatic rings. The van der Waals surface area contributed by atoms with Crippen LogP contribution in [0.3, 0.4) is 0 Å². The van der Waals surface area contributed by atoms with E-state index in [0.717, 1.165) is 44.8 Å². The first-order valence-electron chi connectivity index (χ1n) is 9.88. The summed E-state index contributed by atoms with van der Waals surface area (Å²) in [7, 11) is 0. The molecule has 0 atom stereocenters. The van der Waals surface area contributed by atoms with E-state index in [1.54, 1.807) is 30.7 Å². The van der Waals surface area contributed by atoms with Gasteiger partial charge in [0.25, 0.3) is 0 Å². The average Bonchev–Trinajstić information content (AvgIpc) is 3.54. The van der Waals surface area contributed by atoms with Gasteiger partial charge in [-0.15, -0.1) is 0 Å². The minimum Gasteiger partial charge on any atom is -0.353 e. The fourth-order valence-corrected chi connectivity index (χ4v) is 4.10. The predicted octanol–water partition coefficient (Wildman–Crippen LogP) is 3.12. The lowest BCUT2D eigenvalue weighted by molar-refractivity contribution is 0.194. The third kappa shape index (κ3) is 3.67. The van der Waals surface area contributed by atoms with E-state index in [0.29, 0.717) is 28.9 Å². The van der Waals surface area contributed by atoms with Crippen molar-refractivity contribution in [1.29, 1.82) is 0 Å². The van der Waals surface area contributed by atoms with Crippen LogP contribution in [0.15, 0.2) is 42.9 Å². The zero-order chi connectivity index (χ0) is 19.8. The molecule has 1 aliphatic heterocycles. The van der Waals surface area contributed by atoms with Crippen LogP contribution in [0.1, 0.15) is 18.9 Å². The molecule has 0 N–H and O–H groups in total. The van der Waals surface area contributed by atoms with Crippen molar-refractivity contribution in [3.63, 3.8) is 0 Å². The minimum absolute atomic E-state index is 0.265. The minimum atomic E-state index is -0.265. The van der Waals surface area contributed by atoms with E-state index < -0.39 is 0 Å². The Morgan fingerprint density at radius 2 is 1.86 bits per heavy atom. The van der Waals surface area contributed by atoms with Gasteiger partial charge in [-0.05, 0) is 37.2 Å². The summed E-state index contributed by atoms with van der Waals surface area (Å²) in [5.41, 5.74) is 0.511. The van der Waals surface area contributed by atoms with Crippen molar-refractivity contribution in [2.45, 2.75) is 25.6 Å². The highest BCUT2D eigenvalue weighted by Gasteiger charge is 2.30. The van der Waals surface area contributed by atoms with E-state index >= 15 is 0 Å². The molecule has 1 aromatic carbocycles. The van der Waals surface area contributed by atoms with Crippen LogP contribution in [0.5, 0.6) is 0 Å². The number of hydrogen-bond donors (Lipinski definition) is 0. The van der Waals surface area contributed by atoms with Crippen LogP contribution < -0.4 is 4.90 Å². The zero-order valence-corrected chi connectivity index (χ0v) is 16.8. The first-order chi connectivity index (χ1) is 14.2. The summed E-state index contributed by atoms with van der Waals surface area (Å²) in [6.45, 7) is 4.10. The molecule has 2 fully saturated rings. The van der Waals surface area contributed by atoms with E-state index in [4.69, 9.17) is 17.3 Å². The molecule has 3 aromatic rings. The van der Waals surface area contributed by atoms with Crippen LogP contribution in [0.2, 0.25) is 0 Å². The van der Waals surface area contributed by atoms with Crippen molar-refractivity contribution in [2.75, 3.05) is 31.1 Å². The highest BCUT2D eigenvalue weighted by molar-refractivity contribution is 7.71. The van der Waals surface area contributed by atoms with Crippen molar-refractivity contribution in [1.82, 2.24) is 29.2 Å². The Hall–Kier alpha value is -2.65. The largest absolute Gasteiger partial charge is 0.353 e. The Morgan fingerprint density at radius 3 is 2.55 bits per heavy atom. The lowest BCUT2D eigenvalue weighted by atomic mass is 10.2. The van der Waals surface area contributed by atoms with Gasteiger partial charge in [0.15, 0.2) is 10.6 Å². The molecule has 7 nitrogen and oxygen atoms in total. The molecule has 1 saturated carbocycles. The van der Waals surface area contributed by atoms with Gasteiger partial charge in [0.1, 0.15) is 11.6 Å². The third-order valence-electron chi connectivity index (χ3n) is 5.48. The van der Waals surface area contributed by atoms with Gasteiger partial charge in [0.05, 0.1) is 18.4 Å². The van der Waals surface area contributed by atoms with Gasteiger partial charge < -0.3 is 4.90 Å². The van der Waals surface area contributed by atoms with Crippen molar-refractivity contribution in [3.8, 4) is 11.4 Å². The van der Waals surface area contributed by atoms with Crippen LogP contribution in [-0.4, -0.2) is 55.4 Å². The Balaban J connectivity index is 1.35. The van der Waals surface area contributed by atoms with E-state index in [1.165, 1.54) is 6.07 Å². The van der Waals surface area contributed by atoms with Gasteiger partial charge in [-0.1, -0.05) is 12.1 Å². The van der Waals surface area contributed by atoms with Crippen LogP contribution in [0.4, 0.5) is 10.2 Å². The first-order valence-corrected chi connectivity index (χ1v) is 10.3. The van der Waals surface area contributed by atoms with Crippen LogP contribution >= 0.6 is 12.2 Å². The third-order valence-corrected chi connectivity index (χ3v) is 5.88. The lowest BCUT2D eigenvalue weighted by Crippen LogP contribution is -2.47. The molecule has 1 aliphatic carbocycles. The lowest BCUT2D eigenvalue weighted by Gasteiger charge is -2.34. The molecule has 5 rings (SSSR count). The second-order valence-electron chi connectivity index (χ2n) is 7.50. The molecule has 0 bridgehead atoms. The summed E-state index contributed by atoms with van der Waals surface area (Å²) in [4.78, 5) is 13.1. The van der Waals surface area contributed by atoms with E-state index in [1.807, 2.05) is 15.3 Å². The number of nitrogens with zero attached hydrogens (tertiary/aromatic N) is 7. The van der Waals surface area contributed by atoms with E-state index in [9.17, 15) is 4.39 Å². The Bertz CT molecular complexity index is 1050. The Labute approximate surface area is 173 Å².